The molecule has 1 aromatic heterocycles. The summed E-state index contributed by atoms with van der Waals surface area (Å²) in [5.74, 6) is 1.10. The van der Waals surface area contributed by atoms with Crippen molar-refractivity contribution in [2.24, 2.45) is 0 Å². The molecule has 0 bridgehead atoms. The fourth-order valence-electron chi connectivity index (χ4n) is 5.89. The number of para-hydroxylation sites is 1. The summed E-state index contributed by atoms with van der Waals surface area (Å²) in [5.41, 5.74) is 3.30. The summed E-state index contributed by atoms with van der Waals surface area (Å²) in [5, 5.41) is 16.9. The largest absolute Gasteiger partial charge is 0.324 e. The molecule has 1 aromatic carbocycles. The number of aryl methyl sites for hydroxylation is 1. The maximum Gasteiger partial charge on any atom is 0.249 e. The summed E-state index contributed by atoms with van der Waals surface area (Å²) in [6, 6.07) is 5.84. The van der Waals surface area contributed by atoms with Gasteiger partial charge in [-0.25, -0.2) is 0 Å². The van der Waals surface area contributed by atoms with Crippen LogP contribution in [0.25, 0.3) is 0 Å². The lowest BCUT2D eigenvalue weighted by Gasteiger charge is -2.28. The van der Waals surface area contributed by atoms with Crippen LogP contribution in [0.2, 0.25) is 0 Å². The van der Waals surface area contributed by atoms with Crippen molar-refractivity contribution in [1.29, 1.82) is 0 Å². The smallest absolute Gasteiger partial charge is 0.249 e. The van der Waals surface area contributed by atoms with Crippen LogP contribution in [0, 0.1) is 0 Å². The van der Waals surface area contributed by atoms with E-state index >= 15 is 0 Å². The van der Waals surface area contributed by atoms with E-state index in [1.165, 1.54) is 81.8 Å². The van der Waals surface area contributed by atoms with Gasteiger partial charge in [-0.05, 0) is 60.5 Å². The fraction of sp³-hybridized carbons (Fsp3) is 0.758. The first-order chi connectivity index (χ1) is 19.4. The number of nitrogens with zero attached hydrogens (tertiary/aromatic N) is 5. The highest BCUT2D eigenvalue weighted by molar-refractivity contribution is 5.96. The van der Waals surface area contributed by atoms with Crippen LogP contribution in [0.1, 0.15) is 159 Å². The number of carbonyl (C=O) groups is 1. The Labute approximate surface area is 243 Å². The zero-order chi connectivity index (χ0) is 28.7. The van der Waals surface area contributed by atoms with Gasteiger partial charge in [-0.1, -0.05) is 123 Å². The molecule has 7 nitrogen and oxygen atoms in total. The Morgan fingerprint density at radius 1 is 0.825 bits per heavy atom. The van der Waals surface area contributed by atoms with E-state index in [2.05, 4.69) is 73.3 Å². The van der Waals surface area contributed by atoms with Crippen molar-refractivity contribution in [2.45, 2.75) is 149 Å². The molecule has 0 aliphatic carbocycles. The number of anilines is 1. The van der Waals surface area contributed by atoms with Crippen LogP contribution in [0.4, 0.5) is 5.69 Å². The Hall–Kier alpha value is -2.28. The second-order valence-electron chi connectivity index (χ2n) is 12.4. The number of unbranched alkanes of at least 4 members (excludes halogenated alkanes) is 9. The van der Waals surface area contributed by atoms with Crippen molar-refractivity contribution < 1.29 is 4.79 Å². The van der Waals surface area contributed by atoms with Gasteiger partial charge in [0, 0.05) is 5.69 Å². The molecule has 1 atom stereocenters. The lowest BCUT2D eigenvalue weighted by Crippen LogP contribution is -2.39. The van der Waals surface area contributed by atoms with E-state index in [9.17, 15) is 4.79 Å². The minimum atomic E-state index is -0.528. The molecule has 2 aromatic rings. The molecule has 0 spiro atoms. The van der Waals surface area contributed by atoms with Gasteiger partial charge < -0.3 is 5.32 Å². The molecule has 1 N–H and O–H groups in total. The third kappa shape index (κ3) is 9.97. The van der Waals surface area contributed by atoms with Gasteiger partial charge in [0.1, 0.15) is 0 Å². The molecule has 224 valence electrons. The van der Waals surface area contributed by atoms with Gasteiger partial charge >= 0.3 is 0 Å². The molecule has 1 saturated heterocycles. The van der Waals surface area contributed by atoms with Gasteiger partial charge in [0.2, 0.25) is 11.7 Å². The molecule has 0 saturated carbocycles. The molecule has 0 radical (unpaired) electrons. The zero-order valence-electron chi connectivity index (χ0n) is 26.1. The molecule has 1 amide bonds. The Morgan fingerprint density at radius 3 is 1.93 bits per heavy atom. The van der Waals surface area contributed by atoms with Crippen LogP contribution in [0.3, 0.4) is 0 Å². The molecule has 1 aliphatic heterocycles. The van der Waals surface area contributed by atoms with E-state index in [0.29, 0.717) is 17.7 Å². The SMILES string of the molecule is CCCCCCCCCCCCn1nnc(C(C(=O)Nc2c(C(C)C)cccc2C(C)C)N2CCCCCC2)n1. The van der Waals surface area contributed by atoms with Crippen LogP contribution in [0.15, 0.2) is 18.2 Å². The molecule has 2 heterocycles. The molecule has 1 aliphatic rings. The first kappa shape index (κ1) is 32.2. The lowest BCUT2D eigenvalue weighted by molar-refractivity contribution is -0.121. The summed E-state index contributed by atoms with van der Waals surface area (Å²) in [4.78, 5) is 18.0. The molecule has 40 heavy (non-hydrogen) atoms. The second-order valence-corrected chi connectivity index (χ2v) is 12.4. The Bertz CT molecular complexity index is 966. The molecule has 1 unspecified atom stereocenters. The van der Waals surface area contributed by atoms with Gasteiger partial charge in [-0.2, -0.15) is 4.80 Å². The van der Waals surface area contributed by atoms with E-state index in [1.54, 1.807) is 4.80 Å². The Morgan fingerprint density at radius 2 is 1.38 bits per heavy atom. The van der Waals surface area contributed by atoms with Crippen LogP contribution < -0.4 is 5.32 Å². The Balaban J connectivity index is 1.66. The quantitative estimate of drug-likeness (QED) is 0.199. The van der Waals surface area contributed by atoms with Crippen molar-refractivity contribution in [3.8, 4) is 0 Å². The highest BCUT2D eigenvalue weighted by Crippen LogP contribution is 2.34. The van der Waals surface area contributed by atoms with E-state index in [4.69, 9.17) is 5.10 Å². The van der Waals surface area contributed by atoms with Gasteiger partial charge in [0.05, 0.1) is 6.54 Å². The molecular weight excluding hydrogens is 496 g/mol. The predicted octanol–water partition coefficient (Wildman–Crippen LogP) is 8.40. The third-order valence-corrected chi connectivity index (χ3v) is 8.30. The molecule has 7 heteroatoms. The number of rotatable bonds is 17. The van der Waals surface area contributed by atoms with E-state index in [1.807, 2.05) is 0 Å². The normalized spacial score (nSPS) is 15.5. The number of hydrogen-bond acceptors (Lipinski definition) is 5. The van der Waals surface area contributed by atoms with Crippen molar-refractivity contribution in [2.75, 3.05) is 18.4 Å². The number of benzene rings is 1. The molecular formula is C33H56N6O. The Kier molecular flexibility index (Phi) is 14.1. The molecule has 1 fully saturated rings. The van der Waals surface area contributed by atoms with Crippen molar-refractivity contribution >= 4 is 11.6 Å². The number of carbonyl (C=O) groups excluding carboxylic acids is 1. The third-order valence-electron chi connectivity index (χ3n) is 8.30. The van der Waals surface area contributed by atoms with Gasteiger partial charge in [-0.3, -0.25) is 9.69 Å². The van der Waals surface area contributed by atoms with E-state index in [-0.39, 0.29) is 5.91 Å². The first-order valence-corrected chi connectivity index (χ1v) is 16.4. The van der Waals surface area contributed by atoms with Gasteiger partial charge in [-0.15, -0.1) is 10.2 Å². The zero-order valence-corrected chi connectivity index (χ0v) is 26.1. The maximum absolute atomic E-state index is 14.1. The number of likely N-dealkylation sites (tertiary alicyclic amines) is 1. The summed E-state index contributed by atoms with van der Waals surface area (Å²) in [6.07, 6.45) is 17.6. The highest BCUT2D eigenvalue weighted by atomic mass is 16.2. The number of tetrazole rings is 1. The van der Waals surface area contributed by atoms with Crippen LogP contribution in [0.5, 0.6) is 0 Å². The van der Waals surface area contributed by atoms with E-state index < -0.39 is 6.04 Å². The average Bonchev–Trinajstić information content (AvgIpc) is 3.22. The summed E-state index contributed by atoms with van der Waals surface area (Å²) < 4.78 is 0. The second kappa shape index (κ2) is 17.5. The topological polar surface area (TPSA) is 75.9 Å². The number of nitrogens with one attached hydrogen (secondary N) is 1. The standard InChI is InChI=1S/C33H56N6O/c1-6-7-8-9-10-11-12-13-14-19-25-39-36-32(35-37-39)31(38-23-17-15-16-18-24-38)33(40)34-30-28(26(2)3)21-20-22-29(30)27(4)5/h20-22,26-27,31H,6-19,23-25H2,1-5H3,(H,34,40). The summed E-state index contributed by atoms with van der Waals surface area (Å²) in [6.45, 7) is 13.5. The van der Waals surface area contributed by atoms with Gasteiger partial charge in [0.25, 0.3) is 0 Å². The fourth-order valence-corrected chi connectivity index (χ4v) is 5.89. The monoisotopic (exact) mass is 552 g/mol. The average molecular weight is 553 g/mol. The van der Waals surface area contributed by atoms with Crippen LogP contribution in [-0.2, 0) is 11.3 Å². The minimum Gasteiger partial charge on any atom is -0.324 e. The van der Waals surface area contributed by atoms with Crippen LogP contribution in [-0.4, -0.2) is 44.1 Å². The van der Waals surface area contributed by atoms with Gasteiger partial charge in [0.15, 0.2) is 6.04 Å². The van der Waals surface area contributed by atoms with E-state index in [0.717, 1.165) is 44.6 Å². The minimum absolute atomic E-state index is 0.0459. The highest BCUT2D eigenvalue weighted by Gasteiger charge is 2.33. The lowest BCUT2D eigenvalue weighted by atomic mass is 9.92. The summed E-state index contributed by atoms with van der Waals surface area (Å²) in [7, 11) is 0. The predicted molar refractivity (Wildman–Crippen MR) is 166 cm³/mol. The van der Waals surface area contributed by atoms with Crippen molar-refractivity contribution in [1.82, 2.24) is 25.1 Å². The summed E-state index contributed by atoms with van der Waals surface area (Å²) >= 11 is 0. The van der Waals surface area contributed by atoms with Crippen molar-refractivity contribution in [3.05, 3.63) is 35.2 Å². The number of amides is 1. The first-order valence-electron chi connectivity index (χ1n) is 16.4. The van der Waals surface area contributed by atoms with Crippen LogP contribution >= 0.6 is 0 Å². The van der Waals surface area contributed by atoms with Crippen molar-refractivity contribution in [3.63, 3.8) is 0 Å². The number of hydrogen-bond donors (Lipinski definition) is 1. The maximum atomic E-state index is 14.1. The molecule has 3 rings (SSSR count). The number of aromatic nitrogens is 4.